The van der Waals surface area contributed by atoms with Gasteiger partial charge in [-0.1, -0.05) is 6.07 Å². The van der Waals surface area contributed by atoms with Gasteiger partial charge in [0.05, 0.1) is 13.0 Å². The van der Waals surface area contributed by atoms with Crippen molar-refractivity contribution in [2.75, 3.05) is 25.9 Å². The first kappa shape index (κ1) is 14.4. The summed E-state index contributed by atoms with van der Waals surface area (Å²) in [6, 6.07) is 3.63. The summed E-state index contributed by atoms with van der Waals surface area (Å²) in [7, 11) is 1.37. The minimum absolute atomic E-state index is 0.0689. The molecule has 5 nitrogen and oxygen atoms in total. The van der Waals surface area contributed by atoms with E-state index < -0.39 is 0 Å². The molecule has 1 fully saturated rings. The summed E-state index contributed by atoms with van der Waals surface area (Å²) in [4.78, 5) is 25.7. The largest absolute Gasteiger partial charge is 0.469 e. The fraction of sp³-hybridized carbons (Fsp3) is 0.467. The van der Waals surface area contributed by atoms with E-state index in [9.17, 15) is 9.59 Å². The number of carbonyl (C=O) groups excluding carboxylic acids is 2. The molecule has 1 aliphatic rings. The minimum Gasteiger partial charge on any atom is -0.469 e. The quantitative estimate of drug-likeness (QED) is 0.656. The number of esters is 1. The number of nitrogens with two attached hydrogens (primary N) is 1. The standard InChI is InChI=1S/C15H20N2O3/c1-9-6-10(2)13(16)7-12(9)14(18)17-5-4-11(8-17)15(19)20-3/h6-7,11H,4-5,8,16H2,1-3H3. The number of nitrogens with zero attached hydrogens (tertiary/aromatic N) is 1. The first-order valence-corrected chi connectivity index (χ1v) is 6.68. The van der Waals surface area contributed by atoms with Crippen LogP contribution in [-0.4, -0.2) is 37.0 Å². The third-order valence-corrected chi connectivity index (χ3v) is 3.85. The molecule has 0 saturated carbocycles. The molecule has 0 bridgehead atoms. The summed E-state index contributed by atoms with van der Waals surface area (Å²) in [6.07, 6.45) is 0.652. The third-order valence-electron chi connectivity index (χ3n) is 3.85. The van der Waals surface area contributed by atoms with Crippen molar-refractivity contribution >= 4 is 17.6 Å². The van der Waals surface area contributed by atoms with Crippen LogP contribution in [0.25, 0.3) is 0 Å². The fourth-order valence-electron chi connectivity index (χ4n) is 2.57. The Kier molecular flexibility index (Phi) is 3.97. The molecule has 5 heteroatoms. The van der Waals surface area contributed by atoms with Crippen LogP contribution in [0.5, 0.6) is 0 Å². The van der Waals surface area contributed by atoms with Gasteiger partial charge in [0.15, 0.2) is 0 Å². The molecule has 1 aliphatic heterocycles. The lowest BCUT2D eigenvalue weighted by molar-refractivity contribution is -0.144. The number of carbonyl (C=O) groups is 2. The minimum atomic E-state index is -0.250. The molecular weight excluding hydrogens is 256 g/mol. The predicted octanol–water partition coefficient (Wildman–Crippen LogP) is 1.52. The second-order valence-electron chi connectivity index (χ2n) is 5.28. The first-order valence-electron chi connectivity index (χ1n) is 6.68. The lowest BCUT2D eigenvalue weighted by Crippen LogP contribution is -2.30. The zero-order valence-corrected chi connectivity index (χ0v) is 12.1. The summed E-state index contributed by atoms with van der Waals surface area (Å²) in [5.74, 6) is -0.534. The van der Waals surface area contributed by atoms with Crippen LogP contribution >= 0.6 is 0 Å². The highest BCUT2D eigenvalue weighted by atomic mass is 16.5. The van der Waals surface area contributed by atoms with Crippen molar-refractivity contribution in [1.29, 1.82) is 0 Å². The maximum atomic E-state index is 12.5. The highest BCUT2D eigenvalue weighted by Crippen LogP contribution is 2.23. The van der Waals surface area contributed by atoms with Crippen LogP contribution in [0.2, 0.25) is 0 Å². The van der Waals surface area contributed by atoms with Crippen LogP contribution in [0.1, 0.15) is 27.9 Å². The fourth-order valence-corrected chi connectivity index (χ4v) is 2.57. The zero-order valence-electron chi connectivity index (χ0n) is 12.1. The van der Waals surface area contributed by atoms with Crippen molar-refractivity contribution in [2.45, 2.75) is 20.3 Å². The molecular formula is C15H20N2O3. The number of likely N-dealkylation sites (tertiary alicyclic amines) is 1. The molecule has 2 rings (SSSR count). The lowest BCUT2D eigenvalue weighted by Gasteiger charge is -2.18. The average molecular weight is 276 g/mol. The maximum Gasteiger partial charge on any atom is 0.310 e. The molecule has 0 radical (unpaired) electrons. The first-order chi connectivity index (χ1) is 9.43. The number of hydrogen-bond donors (Lipinski definition) is 1. The van der Waals surface area contributed by atoms with Gasteiger partial charge in [-0.2, -0.15) is 0 Å². The number of methoxy groups -OCH3 is 1. The van der Waals surface area contributed by atoms with Crippen molar-refractivity contribution in [2.24, 2.45) is 5.92 Å². The molecule has 1 aromatic carbocycles. The van der Waals surface area contributed by atoms with Crippen LogP contribution in [0, 0.1) is 19.8 Å². The predicted molar refractivity (Wildman–Crippen MR) is 76.4 cm³/mol. The topological polar surface area (TPSA) is 72.6 Å². The highest BCUT2D eigenvalue weighted by molar-refractivity contribution is 5.97. The Bertz CT molecular complexity index is 554. The van der Waals surface area contributed by atoms with Crippen LogP contribution < -0.4 is 5.73 Å². The van der Waals surface area contributed by atoms with Crippen LogP contribution in [-0.2, 0) is 9.53 Å². The highest BCUT2D eigenvalue weighted by Gasteiger charge is 2.32. The van der Waals surface area contributed by atoms with E-state index in [0.29, 0.717) is 30.8 Å². The molecule has 0 aliphatic carbocycles. The smallest absolute Gasteiger partial charge is 0.310 e. The number of aryl methyl sites for hydroxylation is 2. The van der Waals surface area contributed by atoms with E-state index in [1.807, 2.05) is 19.9 Å². The van der Waals surface area contributed by atoms with E-state index >= 15 is 0 Å². The van der Waals surface area contributed by atoms with Crippen molar-refractivity contribution < 1.29 is 14.3 Å². The lowest BCUT2D eigenvalue weighted by atomic mass is 10.0. The van der Waals surface area contributed by atoms with Crippen LogP contribution in [0.3, 0.4) is 0 Å². The molecule has 1 aromatic rings. The SMILES string of the molecule is COC(=O)C1CCN(C(=O)c2cc(N)c(C)cc2C)C1. The zero-order chi connectivity index (χ0) is 14.9. The van der Waals surface area contributed by atoms with Gasteiger partial charge >= 0.3 is 5.97 Å². The van der Waals surface area contributed by atoms with E-state index in [1.165, 1.54) is 7.11 Å². The molecule has 0 aromatic heterocycles. The van der Waals surface area contributed by atoms with Crippen LogP contribution in [0.4, 0.5) is 5.69 Å². The number of ether oxygens (including phenoxy) is 1. The second-order valence-corrected chi connectivity index (χ2v) is 5.28. The van der Waals surface area contributed by atoms with Gasteiger partial charge in [0.2, 0.25) is 0 Å². The average Bonchev–Trinajstić information content (AvgIpc) is 2.91. The normalized spacial score (nSPS) is 18.1. The monoisotopic (exact) mass is 276 g/mol. The van der Waals surface area contributed by atoms with Gasteiger partial charge in [-0.15, -0.1) is 0 Å². The molecule has 1 unspecified atom stereocenters. The van der Waals surface area contributed by atoms with Crippen molar-refractivity contribution in [3.05, 3.63) is 28.8 Å². The number of rotatable bonds is 2. The van der Waals surface area contributed by atoms with Crippen LogP contribution in [0.15, 0.2) is 12.1 Å². The van der Waals surface area contributed by atoms with Crippen molar-refractivity contribution in [3.63, 3.8) is 0 Å². The van der Waals surface area contributed by atoms with Gasteiger partial charge in [0.1, 0.15) is 0 Å². The summed E-state index contributed by atoms with van der Waals surface area (Å²) in [5, 5.41) is 0. The summed E-state index contributed by atoms with van der Waals surface area (Å²) < 4.78 is 4.73. The van der Waals surface area contributed by atoms with E-state index in [2.05, 4.69) is 0 Å². The van der Waals surface area contributed by atoms with Gasteiger partial charge in [0.25, 0.3) is 5.91 Å². The molecule has 1 amide bonds. The second kappa shape index (κ2) is 5.53. The summed E-state index contributed by atoms with van der Waals surface area (Å²) >= 11 is 0. The number of amides is 1. The number of nitrogen functional groups attached to an aromatic ring is 1. The van der Waals surface area contributed by atoms with Gasteiger partial charge in [-0.05, 0) is 37.5 Å². The van der Waals surface area contributed by atoms with E-state index in [4.69, 9.17) is 10.5 Å². The third kappa shape index (κ3) is 2.61. The number of benzene rings is 1. The molecule has 0 spiro atoms. The summed E-state index contributed by atoms with van der Waals surface area (Å²) in [5.41, 5.74) is 8.97. The summed E-state index contributed by atoms with van der Waals surface area (Å²) in [6.45, 7) is 4.80. The molecule has 1 atom stereocenters. The Morgan fingerprint density at radius 1 is 1.30 bits per heavy atom. The molecule has 1 saturated heterocycles. The molecule has 108 valence electrons. The molecule has 2 N–H and O–H groups in total. The Balaban J connectivity index is 2.17. The van der Waals surface area contributed by atoms with Gasteiger partial charge in [0, 0.05) is 24.3 Å². The Labute approximate surface area is 118 Å². The van der Waals surface area contributed by atoms with Crippen molar-refractivity contribution in [3.8, 4) is 0 Å². The van der Waals surface area contributed by atoms with Gasteiger partial charge in [-0.3, -0.25) is 9.59 Å². The molecule has 20 heavy (non-hydrogen) atoms. The number of hydrogen-bond acceptors (Lipinski definition) is 4. The Morgan fingerprint density at radius 3 is 2.65 bits per heavy atom. The van der Waals surface area contributed by atoms with Gasteiger partial charge < -0.3 is 15.4 Å². The van der Waals surface area contributed by atoms with E-state index in [0.717, 1.165) is 11.1 Å². The Hall–Kier alpha value is -2.04. The molecule has 1 heterocycles. The maximum absolute atomic E-state index is 12.5. The van der Waals surface area contributed by atoms with Gasteiger partial charge in [-0.25, -0.2) is 0 Å². The van der Waals surface area contributed by atoms with Crippen molar-refractivity contribution in [1.82, 2.24) is 4.90 Å². The number of anilines is 1. The Morgan fingerprint density at radius 2 is 2.00 bits per heavy atom. The van der Waals surface area contributed by atoms with E-state index in [1.54, 1.807) is 11.0 Å². The van der Waals surface area contributed by atoms with E-state index in [-0.39, 0.29) is 17.8 Å².